The molecular formula is C9H19O9S2+. The largest absolute Gasteiger partial charge is 0.397 e. The minimum absolute atomic E-state index is 0.0832. The van der Waals surface area contributed by atoms with Gasteiger partial charge in [0.2, 0.25) is 0 Å². The fourth-order valence-electron chi connectivity index (χ4n) is 1.99. The summed E-state index contributed by atoms with van der Waals surface area (Å²) in [4.78, 5) is 0. The topological polar surface area (TPSA) is 165 Å². The van der Waals surface area contributed by atoms with E-state index in [1.54, 1.807) is 0 Å². The van der Waals surface area contributed by atoms with Crippen LogP contribution in [0.5, 0.6) is 0 Å². The van der Waals surface area contributed by atoms with E-state index in [1.807, 2.05) is 0 Å². The van der Waals surface area contributed by atoms with Crippen LogP contribution in [-0.4, -0.2) is 92.9 Å². The molecule has 1 fully saturated rings. The highest BCUT2D eigenvalue weighted by atomic mass is 32.3. The van der Waals surface area contributed by atoms with Gasteiger partial charge in [-0.3, -0.25) is 4.55 Å². The molecule has 0 aliphatic carbocycles. The number of aliphatic hydroxyl groups excluding tert-OH is 5. The Bertz CT molecular complexity index is 400. The van der Waals surface area contributed by atoms with Crippen LogP contribution in [0.1, 0.15) is 0 Å². The molecule has 20 heavy (non-hydrogen) atoms. The van der Waals surface area contributed by atoms with Crippen LogP contribution in [0.3, 0.4) is 0 Å². The third kappa shape index (κ3) is 4.79. The molecule has 1 aliphatic heterocycles. The average molecular weight is 335 g/mol. The molecule has 0 amide bonds. The summed E-state index contributed by atoms with van der Waals surface area (Å²) in [5.74, 6) is 0.0631. The van der Waals surface area contributed by atoms with E-state index in [2.05, 4.69) is 4.18 Å². The summed E-state index contributed by atoms with van der Waals surface area (Å²) in [6.07, 6.45) is -5.13. The van der Waals surface area contributed by atoms with Gasteiger partial charge in [-0.15, -0.1) is 0 Å². The Morgan fingerprint density at radius 1 is 1.30 bits per heavy atom. The summed E-state index contributed by atoms with van der Waals surface area (Å²) in [7, 11) is -5.59. The Balaban J connectivity index is 2.66. The second kappa shape index (κ2) is 7.33. The first-order chi connectivity index (χ1) is 9.19. The maximum atomic E-state index is 10.6. The fraction of sp³-hybridized carbons (Fsp3) is 1.00. The fourth-order valence-corrected chi connectivity index (χ4v) is 5.20. The molecule has 1 heterocycles. The van der Waals surface area contributed by atoms with Gasteiger partial charge in [0.1, 0.15) is 35.9 Å². The lowest BCUT2D eigenvalue weighted by atomic mass is 10.2. The van der Waals surface area contributed by atoms with Crippen molar-refractivity contribution >= 4 is 21.3 Å². The average Bonchev–Trinajstić information content (AvgIpc) is 2.60. The predicted molar refractivity (Wildman–Crippen MR) is 69.5 cm³/mol. The van der Waals surface area contributed by atoms with Gasteiger partial charge in [0.15, 0.2) is 5.25 Å². The minimum Gasteiger partial charge on any atom is -0.394 e. The van der Waals surface area contributed by atoms with Gasteiger partial charge in [-0.05, 0) is 0 Å². The molecule has 0 saturated carbocycles. The summed E-state index contributed by atoms with van der Waals surface area (Å²) in [6.45, 7) is -1.23. The molecule has 0 aromatic heterocycles. The Kier molecular flexibility index (Phi) is 6.63. The molecule has 0 spiro atoms. The zero-order valence-electron chi connectivity index (χ0n) is 10.4. The van der Waals surface area contributed by atoms with Gasteiger partial charge >= 0.3 is 10.4 Å². The summed E-state index contributed by atoms with van der Waals surface area (Å²) in [5.41, 5.74) is 0. The third-order valence-electron chi connectivity index (χ3n) is 3.01. The molecule has 0 bridgehead atoms. The minimum atomic E-state index is -4.82. The van der Waals surface area contributed by atoms with Crippen molar-refractivity contribution in [1.82, 2.24) is 0 Å². The lowest BCUT2D eigenvalue weighted by molar-refractivity contribution is 0.0112. The molecule has 0 radical (unpaired) electrons. The van der Waals surface area contributed by atoms with Gasteiger partial charge in [-0.2, -0.15) is 8.42 Å². The van der Waals surface area contributed by atoms with Crippen LogP contribution >= 0.6 is 0 Å². The second-order valence-corrected chi connectivity index (χ2v) is 7.86. The van der Waals surface area contributed by atoms with Crippen molar-refractivity contribution in [2.45, 2.75) is 29.7 Å². The monoisotopic (exact) mass is 335 g/mol. The van der Waals surface area contributed by atoms with Gasteiger partial charge in [0.25, 0.3) is 0 Å². The van der Waals surface area contributed by atoms with Crippen molar-refractivity contribution in [1.29, 1.82) is 0 Å². The molecule has 120 valence electrons. The van der Waals surface area contributed by atoms with E-state index in [1.165, 1.54) is 0 Å². The molecule has 1 saturated heterocycles. The van der Waals surface area contributed by atoms with Crippen LogP contribution in [0.2, 0.25) is 0 Å². The van der Waals surface area contributed by atoms with Crippen LogP contribution in [-0.2, 0) is 25.5 Å². The van der Waals surface area contributed by atoms with Gasteiger partial charge < -0.3 is 25.5 Å². The Labute approximate surface area is 119 Å². The van der Waals surface area contributed by atoms with E-state index < -0.39 is 64.2 Å². The van der Waals surface area contributed by atoms with Crippen LogP contribution in [0.25, 0.3) is 0 Å². The maximum Gasteiger partial charge on any atom is 0.397 e. The molecule has 0 aromatic carbocycles. The zero-order chi connectivity index (χ0) is 15.5. The SMILES string of the molecule is O=S(=O)(O)OC(CO)[C@H](O)C[S+]1C[C@H](O)[C@@H](O)[C@H]1CO. The lowest BCUT2D eigenvalue weighted by Crippen LogP contribution is -2.42. The summed E-state index contributed by atoms with van der Waals surface area (Å²) in [6, 6.07) is 0. The number of hydrogen-bond acceptors (Lipinski definition) is 8. The van der Waals surface area contributed by atoms with E-state index in [-0.39, 0.29) is 11.5 Å². The number of hydrogen-bond donors (Lipinski definition) is 6. The highest BCUT2D eigenvalue weighted by molar-refractivity contribution is 7.97. The van der Waals surface area contributed by atoms with Gasteiger partial charge in [-0.25, -0.2) is 4.18 Å². The molecule has 9 nitrogen and oxygen atoms in total. The zero-order valence-corrected chi connectivity index (χ0v) is 12.1. The molecule has 6 N–H and O–H groups in total. The first kappa shape index (κ1) is 18.1. The van der Waals surface area contributed by atoms with Gasteiger partial charge in [-0.1, -0.05) is 0 Å². The molecule has 0 aromatic rings. The first-order valence-electron chi connectivity index (χ1n) is 5.77. The quantitative estimate of drug-likeness (QED) is 0.202. The van der Waals surface area contributed by atoms with Crippen molar-refractivity contribution in [3.05, 3.63) is 0 Å². The molecule has 2 unspecified atom stereocenters. The number of aliphatic hydroxyl groups is 5. The predicted octanol–water partition coefficient (Wildman–Crippen LogP) is -3.76. The van der Waals surface area contributed by atoms with Crippen LogP contribution in [0, 0.1) is 0 Å². The molecule has 11 heteroatoms. The molecule has 1 rings (SSSR count). The van der Waals surface area contributed by atoms with E-state index in [0.29, 0.717) is 0 Å². The van der Waals surface area contributed by atoms with Gasteiger partial charge in [0, 0.05) is 10.9 Å². The van der Waals surface area contributed by atoms with E-state index in [4.69, 9.17) is 14.8 Å². The Hall–Kier alpha value is 0.0200. The number of rotatable bonds is 7. The highest BCUT2D eigenvalue weighted by Crippen LogP contribution is 2.25. The highest BCUT2D eigenvalue weighted by Gasteiger charge is 2.50. The van der Waals surface area contributed by atoms with Crippen molar-refractivity contribution in [3.63, 3.8) is 0 Å². The summed E-state index contributed by atoms with van der Waals surface area (Å²) >= 11 is 0. The second-order valence-electron chi connectivity index (χ2n) is 4.46. The van der Waals surface area contributed by atoms with Crippen LogP contribution in [0.15, 0.2) is 0 Å². The van der Waals surface area contributed by atoms with Gasteiger partial charge in [0.05, 0.1) is 13.2 Å². The normalized spacial score (nSPS) is 34.1. The molecule has 6 atom stereocenters. The third-order valence-corrected chi connectivity index (χ3v) is 6.32. The van der Waals surface area contributed by atoms with E-state index in [9.17, 15) is 23.7 Å². The first-order valence-corrected chi connectivity index (χ1v) is 8.76. The van der Waals surface area contributed by atoms with Crippen molar-refractivity contribution in [2.75, 3.05) is 24.7 Å². The summed E-state index contributed by atoms with van der Waals surface area (Å²) in [5, 5.41) is 46.4. The lowest BCUT2D eigenvalue weighted by Gasteiger charge is -2.20. The van der Waals surface area contributed by atoms with Crippen LogP contribution in [0.4, 0.5) is 0 Å². The maximum absolute atomic E-state index is 10.6. The van der Waals surface area contributed by atoms with Crippen molar-refractivity contribution < 1.29 is 42.7 Å². The molecular weight excluding hydrogens is 316 g/mol. The van der Waals surface area contributed by atoms with Crippen molar-refractivity contribution in [3.8, 4) is 0 Å². The summed E-state index contributed by atoms with van der Waals surface area (Å²) < 4.78 is 33.8. The molecule has 1 aliphatic rings. The van der Waals surface area contributed by atoms with E-state index in [0.717, 1.165) is 0 Å². The van der Waals surface area contributed by atoms with Crippen molar-refractivity contribution in [2.24, 2.45) is 0 Å². The standard InChI is InChI=1S/C9H18O9S2/c10-1-7(18-20(15,16)17)5(12)3-19-4-6(13)9(14)8(19)2-11/h5-14H,1-4H2/p+1/t5-,6+,7?,8-,9-,19?/m1/s1. The Morgan fingerprint density at radius 2 is 1.90 bits per heavy atom. The Morgan fingerprint density at radius 3 is 2.35 bits per heavy atom. The van der Waals surface area contributed by atoms with Crippen LogP contribution < -0.4 is 0 Å². The smallest absolute Gasteiger partial charge is 0.394 e. The van der Waals surface area contributed by atoms with E-state index >= 15 is 0 Å².